The Bertz CT molecular complexity index is 1620. The first-order chi connectivity index (χ1) is 17.8. The average molecular weight is 563 g/mol. The van der Waals surface area contributed by atoms with Crippen molar-refractivity contribution in [2.24, 2.45) is 0 Å². The Balaban J connectivity index is 1.83. The van der Waals surface area contributed by atoms with Crippen molar-refractivity contribution in [1.29, 1.82) is 0 Å². The van der Waals surface area contributed by atoms with E-state index in [0.717, 1.165) is 10.8 Å². The second-order valence-electron chi connectivity index (χ2n) is 9.04. The topological polar surface area (TPSA) is 129 Å². The lowest BCUT2D eigenvalue weighted by molar-refractivity contribution is 0.0720. The SMILES string of the molecule is CN(C)C(=O)c1c2c(c(O)c(=O)n1-c1ccc(NS(C)(=O)=O)cc1)C(=O)N(Cc1ccc(F)c(Cl)c1)CC2. The highest BCUT2D eigenvalue weighted by Gasteiger charge is 2.35. The van der Waals surface area contributed by atoms with Crippen LogP contribution in [0.25, 0.3) is 5.69 Å². The van der Waals surface area contributed by atoms with Gasteiger partial charge in [-0.2, -0.15) is 0 Å². The number of carbonyl (C=O) groups excluding carboxylic acids is 2. The second-order valence-corrected chi connectivity index (χ2v) is 11.2. The fraction of sp³-hybridized carbons (Fsp3) is 0.240. The summed E-state index contributed by atoms with van der Waals surface area (Å²) in [6.45, 7) is 0.204. The highest BCUT2D eigenvalue weighted by molar-refractivity contribution is 7.92. The standard InChI is InChI=1S/C25H24ClFN4O6S/c1-29(2)24(34)21-17-10-11-30(13-14-4-9-19(27)18(26)12-14)23(33)20(17)22(32)25(35)31(21)16-7-5-15(6-8-16)28-38(3,36)37/h4-9,12,28,32H,10-11,13H2,1-3H3. The van der Waals surface area contributed by atoms with E-state index >= 15 is 0 Å². The van der Waals surface area contributed by atoms with Crippen molar-refractivity contribution in [2.45, 2.75) is 13.0 Å². The quantitative estimate of drug-likeness (QED) is 0.475. The molecule has 2 aromatic carbocycles. The van der Waals surface area contributed by atoms with E-state index in [2.05, 4.69) is 4.72 Å². The minimum Gasteiger partial charge on any atom is -0.502 e. The highest BCUT2D eigenvalue weighted by atomic mass is 35.5. The molecule has 1 aliphatic heterocycles. The number of nitrogens with one attached hydrogen (secondary N) is 1. The lowest BCUT2D eigenvalue weighted by Crippen LogP contribution is -2.42. The average Bonchev–Trinajstić information content (AvgIpc) is 2.84. The molecule has 13 heteroatoms. The van der Waals surface area contributed by atoms with Crippen LogP contribution in [-0.4, -0.2) is 66.6 Å². The number of sulfonamides is 1. The van der Waals surface area contributed by atoms with Crippen LogP contribution in [0.15, 0.2) is 47.3 Å². The third-order valence-corrected chi connectivity index (χ3v) is 6.88. The van der Waals surface area contributed by atoms with Crippen LogP contribution < -0.4 is 10.3 Å². The number of hydrogen-bond donors (Lipinski definition) is 2. The van der Waals surface area contributed by atoms with Crippen molar-refractivity contribution < 1.29 is 27.5 Å². The molecule has 2 N–H and O–H groups in total. The minimum atomic E-state index is -3.54. The molecule has 38 heavy (non-hydrogen) atoms. The van der Waals surface area contributed by atoms with Gasteiger partial charge in [0.1, 0.15) is 11.5 Å². The van der Waals surface area contributed by atoms with Crippen molar-refractivity contribution in [3.05, 3.63) is 86.0 Å². The van der Waals surface area contributed by atoms with E-state index in [1.165, 1.54) is 66.4 Å². The molecular weight excluding hydrogens is 539 g/mol. The maximum absolute atomic E-state index is 13.6. The zero-order chi connectivity index (χ0) is 27.9. The number of carbonyl (C=O) groups is 2. The summed E-state index contributed by atoms with van der Waals surface area (Å²) in [4.78, 5) is 42.8. The van der Waals surface area contributed by atoms with E-state index in [4.69, 9.17) is 11.6 Å². The predicted molar refractivity (Wildman–Crippen MR) is 140 cm³/mol. The lowest BCUT2D eigenvalue weighted by Gasteiger charge is -2.31. The van der Waals surface area contributed by atoms with Gasteiger partial charge in [-0.15, -0.1) is 0 Å². The summed E-state index contributed by atoms with van der Waals surface area (Å²) in [6, 6.07) is 9.70. The zero-order valence-corrected chi connectivity index (χ0v) is 22.2. The molecule has 2 amide bonds. The number of rotatable bonds is 6. The van der Waals surface area contributed by atoms with E-state index in [1.54, 1.807) is 0 Å². The number of hydrogen-bond acceptors (Lipinski definition) is 6. The fourth-order valence-corrected chi connectivity index (χ4v) is 5.04. The van der Waals surface area contributed by atoms with Crippen LogP contribution in [0.4, 0.5) is 10.1 Å². The smallest absolute Gasteiger partial charge is 0.298 e. The Hall–Kier alpha value is -3.90. The molecule has 0 unspecified atom stereocenters. The van der Waals surface area contributed by atoms with Gasteiger partial charge < -0.3 is 14.9 Å². The third-order valence-electron chi connectivity index (χ3n) is 5.98. The first-order valence-corrected chi connectivity index (χ1v) is 13.6. The van der Waals surface area contributed by atoms with Gasteiger partial charge in [0.05, 0.1) is 16.8 Å². The summed E-state index contributed by atoms with van der Waals surface area (Å²) in [7, 11) is -0.559. The predicted octanol–water partition coefficient (Wildman–Crippen LogP) is 2.61. The molecule has 1 aromatic heterocycles. The van der Waals surface area contributed by atoms with Gasteiger partial charge in [0.25, 0.3) is 17.4 Å². The molecular formula is C25H24ClFN4O6S. The van der Waals surface area contributed by atoms with Crippen LogP contribution in [0.5, 0.6) is 5.75 Å². The number of aromatic nitrogens is 1. The van der Waals surface area contributed by atoms with Crippen LogP contribution in [0.1, 0.15) is 32.0 Å². The van der Waals surface area contributed by atoms with Gasteiger partial charge in [-0.3, -0.25) is 23.7 Å². The first-order valence-electron chi connectivity index (χ1n) is 11.3. The molecule has 0 aliphatic carbocycles. The Morgan fingerprint density at radius 2 is 1.82 bits per heavy atom. The van der Waals surface area contributed by atoms with E-state index < -0.39 is 39.0 Å². The van der Waals surface area contributed by atoms with Crippen LogP contribution >= 0.6 is 11.6 Å². The third kappa shape index (κ3) is 5.22. The lowest BCUT2D eigenvalue weighted by atomic mass is 9.95. The van der Waals surface area contributed by atoms with Gasteiger partial charge in [-0.05, 0) is 48.4 Å². The number of benzene rings is 2. The minimum absolute atomic E-state index is 0.0482. The maximum Gasteiger partial charge on any atom is 0.298 e. The van der Waals surface area contributed by atoms with Gasteiger partial charge in [0.2, 0.25) is 10.0 Å². The monoisotopic (exact) mass is 562 g/mol. The molecule has 0 spiro atoms. The molecule has 0 saturated carbocycles. The van der Waals surface area contributed by atoms with E-state index in [1.807, 2.05) is 0 Å². The molecule has 0 bridgehead atoms. The largest absolute Gasteiger partial charge is 0.502 e. The summed E-state index contributed by atoms with van der Waals surface area (Å²) in [5.74, 6) is -2.64. The molecule has 200 valence electrons. The molecule has 0 atom stereocenters. The Morgan fingerprint density at radius 1 is 1.16 bits per heavy atom. The van der Waals surface area contributed by atoms with Crippen LogP contribution in [-0.2, 0) is 23.0 Å². The Kier molecular flexibility index (Phi) is 7.22. The van der Waals surface area contributed by atoms with Crippen molar-refractivity contribution in [1.82, 2.24) is 14.4 Å². The zero-order valence-electron chi connectivity index (χ0n) is 20.7. The molecule has 0 fully saturated rings. The van der Waals surface area contributed by atoms with Crippen LogP contribution in [0, 0.1) is 5.82 Å². The van der Waals surface area contributed by atoms with Crippen molar-refractivity contribution in [2.75, 3.05) is 31.6 Å². The Labute approximate surface area is 222 Å². The molecule has 3 aromatic rings. The fourth-order valence-electron chi connectivity index (χ4n) is 4.28. The summed E-state index contributed by atoms with van der Waals surface area (Å²) in [6.07, 6.45) is 1.14. The van der Waals surface area contributed by atoms with Gasteiger partial charge in [-0.25, -0.2) is 12.8 Å². The van der Waals surface area contributed by atoms with Crippen molar-refractivity contribution in [3.8, 4) is 11.4 Å². The second kappa shape index (κ2) is 10.1. The number of fused-ring (bicyclic) bond motifs is 1. The highest BCUT2D eigenvalue weighted by Crippen LogP contribution is 2.31. The molecule has 0 radical (unpaired) electrons. The van der Waals surface area contributed by atoms with Gasteiger partial charge >= 0.3 is 0 Å². The number of aromatic hydroxyl groups is 1. The van der Waals surface area contributed by atoms with E-state index in [-0.39, 0.29) is 52.7 Å². The summed E-state index contributed by atoms with van der Waals surface area (Å²) in [5.41, 5.74) is -0.170. The summed E-state index contributed by atoms with van der Waals surface area (Å²) >= 11 is 5.86. The molecule has 0 saturated heterocycles. The first kappa shape index (κ1) is 27.1. The van der Waals surface area contributed by atoms with E-state index in [0.29, 0.717) is 5.56 Å². The number of pyridine rings is 1. The maximum atomic E-state index is 13.6. The molecule has 10 nitrogen and oxygen atoms in total. The van der Waals surface area contributed by atoms with Crippen LogP contribution in [0.2, 0.25) is 5.02 Å². The number of amides is 2. The van der Waals surface area contributed by atoms with E-state index in [9.17, 15) is 32.3 Å². The van der Waals surface area contributed by atoms with Crippen LogP contribution in [0.3, 0.4) is 0 Å². The molecule has 1 aliphatic rings. The molecule has 2 heterocycles. The number of anilines is 1. The molecule has 4 rings (SSSR count). The van der Waals surface area contributed by atoms with Gasteiger partial charge in [-0.1, -0.05) is 17.7 Å². The van der Waals surface area contributed by atoms with Gasteiger partial charge in [0, 0.05) is 44.1 Å². The summed E-state index contributed by atoms with van der Waals surface area (Å²) < 4.78 is 39.9. The normalized spacial score (nSPS) is 13.3. The Morgan fingerprint density at radius 3 is 2.39 bits per heavy atom. The van der Waals surface area contributed by atoms with Gasteiger partial charge in [0.15, 0.2) is 5.75 Å². The summed E-state index contributed by atoms with van der Waals surface area (Å²) in [5, 5.41) is 10.8. The van der Waals surface area contributed by atoms with Crippen molar-refractivity contribution in [3.63, 3.8) is 0 Å². The number of nitrogens with zero attached hydrogens (tertiary/aromatic N) is 3. The van der Waals surface area contributed by atoms with Crippen molar-refractivity contribution >= 4 is 39.1 Å². The number of halogens is 2.